The lowest BCUT2D eigenvalue weighted by Crippen LogP contribution is -2.44. The number of aromatic nitrogens is 2. The van der Waals surface area contributed by atoms with Gasteiger partial charge in [0, 0.05) is 18.7 Å². The number of nitrogens with zero attached hydrogens (tertiary/aromatic N) is 3. The van der Waals surface area contributed by atoms with E-state index in [0.717, 1.165) is 11.4 Å². The van der Waals surface area contributed by atoms with Crippen molar-refractivity contribution in [1.82, 2.24) is 14.9 Å². The zero-order valence-corrected chi connectivity index (χ0v) is 13.5. The summed E-state index contributed by atoms with van der Waals surface area (Å²) in [6, 6.07) is 4.90. The fourth-order valence-electron chi connectivity index (χ4n) is 2.98. The van der Waals surface area contributed by atoms with Crippen LogP contribution in [0.4, 0.5) is 13.2 Å². The molecule has 128 valence electrons. The third-order valence-corrected chi connectivity index (χ3v) is 4.49. The maximum atomic E-state index is 12.9. The van der Waals surface area contributed by atoms with Crippen molar-refractivity contribution in [2.75, 3.05) is 13.1 Å². The van der Waals surface area contributed by atoms with Gasteiger partial charge in [-0.05, 0) is 44.9 Å². The van der Waals surface area contributed by atoms with Crippen LogP contribution in [0.15, 0.2) is 18.2 Å². The summed E-state index contributed by atoms with van der Waals surface area (Å²) < 4.78 is 38.7. The predicted octanol–water partition coefficient (Wildman–Crippen LogP) is 3.66. The first kappa shape index (κ1) is 16.7. The third kappa shape index (κ3) is 3.20. The molecule has 1 aliphatic rings. The molecule has 1 unspecified atom stereocenters. The quantitative estimate of drug-likeness (QED) is 0.798. The van der Waals surface area contributed by atoms with E-state index in [0.29, 0.717) is 29.6 Å². The largest absolute Gasteiger partial charge is 0.393 e. The third-order valence-electron chi connectivity index (χ3n) is 4.49. The zero-order chi connectivity index (χ0) is 17.5. The minimum absolute atomic E-state index is 0.0783. The molecule has 1 atom stereocenters. The second-order valence-corrected chi connectivity index (χ2v) is 6.23. The number of aryl methyl sites for hydroxylation is 2. The van der Waals surface area contributed by atoms with Crippen molar-refractivity contribution in [1.29, 1.82) is 0 Å². The van der Waals surface area contributed by atoms with Gasteiger partial charge in [0.1, 0.15) is 0 Å². The second-order valence-electron chi connectivity index (χ2n) is 6.23. The standard InChI is InChI=1S/C17H18F3N3O/c1-10-11(2)22-15-8-12(5-6-14(15)21-10)16(24)23-7-3-4-13(9-23)17(18,19)20/h5-6,8,13H,3-4,7,9H2,1-2H3. The van der Waals surface area contributed by atoms with E-state index in [-0.39, 0.29) is 18.9 Å². The lowest BCUT2D eigenvalue weighted by molar-refractivity contribution is -0.184. The van der Waals surface area contributed by atoms with Crippen LogP contribution in [0.2, 0.25) is 0 Å². The van der Waals surface area contributed by atoms with Crippen LogP contribution < -0.4 is 0 Å². The molecule has 3 rings (SSSR count). The van der Waals surface area contributed by atoms with Gasteiger partial charge in [0.25, 0.3) is 5.91 Å². The Morgan fingerprint density at radius 1 is 1.17 bits per heavy atom. The van der Waals surface area contributed by atoms with Crippen LogP contribution in [0, 0.1) is 19.8 Å². The molecule has 1 aliphatic heterocycles. The van der Waals surface area contributed by atoms with Crippen molar-refractivity contribution in [2.45, 2.75) is 32.9 Å². The minimum atomic E-state index is -4.26. The number of carbonyl (C=O) groups excluding carboxylic acids is 1. The highest BCUT2D eigenvalue weighted by molar-refractivity contribution is 5.97. The molecule has 0 aliphatic carbocycles. The summed E-state index contributed by atoms with van der Waals surface area (Å²) in [5, 5.41) is 0. The summed E-state index contributed by atoms with van der Waals surface area (Å²) in [5.41, 5.74) is 3.17. The number of hydrogen-bond acceptors (Lipinski definition) is 3. The highest BCUT2D eigenvalue weighted by atomic mass is 19.4. The van der Waals surface area contributed by atoms with E-state index in [1.165, 1.54) is 4.90 Å². The number of likely N-dealkylation sites (tertiary alicyclic amines) is 1. The summed E-state index contributed by atoms with van der Waals surface area (Å²) in [6.45, 7) is 3.75. The number of fused-ring (bicyclic) bond motifs is 1. The molecule has 1 saturated heterocycles. The summed E-state index contributed by atoms with van der Waals surface area (Å²) in [4.78, 5) is 22.7. The summed E-state index contributed by atoms with van der Waals surface area (Å²) in [6.07, 6.45) is -3.82. The minimum Gasteiger partial charge on any atom is -0.338 e. The molecule has 0 bridgehead atoms. The smallest absolute Gasteiger partial charge is 0.338 e. The maximum absolute atomic E-state index is 12.9. The first-order chi connectivity index (χ1) is 11.3. The number of halogens is 3. The van der Waals surface area contributed by atoms with Gasteiger partial charge < -0.3 is 4.90 Å². The fraction of sp³-hybridized carbons (Fsp3) is 0.471. The Balaban J connectivity index is 1.87. The van der Waals surface area contributed by atoms with Gasteiger partial charge in [0.05, 0.1) is 28.3 Å². The second kappa shape index (κ2) is 6.03. The molecule has 1 amide bonds. The Morgan fingerprint density at radius 3 is 2.50 bits per heavy atom. The van der Waals surface area contributed by atoms with Gasteiger partial charge in [-0.3, -0.25) is 4.79 Å². The van der Waals surface area contributed by atoms with E-state index in [1.807, 2.05) is 13.8 Å². The molecule has 2 heterocycles. The number of hydrogen-bond donors (Lipinski definition) is 0. The van der Waals surface area contributed by atoms with E-state index >= 15 is 0 Å². The van der Waals surface area contributed by atoms with Crippen molar-refractivity contribution < 1.29 is 18.0 Å². The van der Waals surface area contributed by atoms with Crippen LogP contribution in [0.25, 0.3) is 11.0 Å². The van der Waals surface area contributed by atoms with Crippen LogP contribution >= 0.6 is 0 Å². The molecule has 0 saturated carbocycles. The molecule has 1 aromatic heterocycles. The van der Waals surface area contributed by atoms with Gasteiger partial charge in [0.2, 0.25) is 0 Å². The first-order valence-electron chi connectivity index (χ1n) is 7.86. The predicted molar refractivity (Wildman–Crippen MR) is 83.7 cm³/mol. The normalized spacial score (nSPS) is 18.9. The van der Waals surface area contributed by atoms with Crippen molar-refractivity contribution in [3.05, 3.63) is 35.2 Å². The maximum Gasteiger partial charge on any atom is 0.393 e. The molecule has 0 spiro atoms. The lowest BCUT2D eigenvalue weighted by Gasteiger charge is -2.33. The molecule has 24 heavy (non-hydrogen) atoms. The summed E-state index contributed by atoms with van der Waals surface area (Å²) in [7, 11) is 0. The van der Waals surface area contributed by atoms with Gasteiger partial charge in [-0.1, -0.05) is 0 Å². The molecule has 2 aromatic rings. The number of alkyl halides is 3. The average Bonchev–Trinajstić information content (AvgIpc) is 2.54. The SMILES string of the molecule is Cc1nc2ccc(C(=O)N3CCCC(C(F)(F)F)C3)cc2nc1C. The van der Waals surface area contributed by atoms with E-state index in [1.54, 1.807) is 18.2 Å². The molecule has 0 radical (unpaired) electrons. The Kier molecular flexibility index (Phi) is 4.19. The van der Waals surface area contributed by atoms with Crippen LogP contribution in [-0.4, -0.2) is 40.0 Å². The topological polar surface area (TPSA) is 46.1 Å². The van der Waals surface area contributed by atoms with Gasteiger partial charge in [-0.15, -0.1) is 0 Å². The van der Waals surface area contributed by atoms with E-state index < -0.39 is 12.1 Å². The monoisotopic (exact) mass is 337 g/mol. The lowest BCUT2D eigenvalue weighted by atomic mass is 9.97. The van der Waals surface area contributed by atoms with Crippen LogP contribution in [0.5, 0.6) is 0 Å². The van der Waals surface area contributed by atoms with Gasteiger partial charge in [-0.25, -0.2) is 9.97 Å². The first-order valence-corrected chi connectivity index (χ1v) is 7.86. The fourth-order valence-corrected chi connectivity index (χ4v) is 2.98. The highest BCUT2D eigenvalue weighted by Crippen LogP contribution is 2.33. The van der Waals surface area contributed by atoms with Crippen LogP contribution in [0.3, 0.4) is 0 Å². The Hall–Kier alpha value is -2.18. The number of rotatable bonds is 1. The number of benzene rings is 1. The van der Waals surface area contributed by atoms with Gasteiger partial charge >= 0.3 is 6.18 Å². The molecule has 4 nitrogen and oxygen atoms in total. The number of amides is 1. The van der Waals surface area contributed by atoms with Crippen LogP contribution in [-0.2, 0) is 0 Å². The number of piperidine rings is 1. The van der Waals surface area contributed by atoms with Gasteiger partial charge in [0.15, 0.2) is 0 Å². The Labute approximate surface area is 137 Å². The van der Waals surface area contributed by atoms with E-state index in [9.17, 15) is 18.0 Å². The number of carbonyl (C=O) groups is 1. The summed E-state index contributed by atoms with van der Waals surface area (Å²) in [5.74, 6) is -1.83. The Bertz CT molecular complexity index is 788. The van der Waals surface area contributed by atoms with E-state index in [4.69, 9.17) is 0 Å². The summed E-state index contributed by atoms with van der Waals surface area (Å²) >= 11 is 0. The van der Waals surface area contributed by atoms with Crippen LogP contribution in [0.1, 0.15) is 34.6 Å². The molecule has 1 aromatic carbocycles. The molecular weight excluding hydrogens is 319 g/mol. The van der Waals surface area contributed by atoms with Crippen molar-refractivity contribution in [3.8, 4) is 0 Å². The molecular formula is C17H18F3N3O. The van der Waals surface area contributed by atoms with Crippen molar-refractivity contribution >= 4 is 16.9 Å². The molecule has 0 N–H and O–H groups in total. The van der Waals surface area contributed by atoms with Gasteiger partial charge in [-0.2, -0.15) is 13.2 Å². The highest BCUT2D eigenvalue weighted by Gasteiger charge is 2.42. The zero-order valence-electron chi connectivity index (χ0n) is 13.5. The van der Waals surface area contributed by atoms with E-state index in [2.05, 4.69) is 9.97 Å². The van der Waals surface area contributed by atoms with Crippen molar-refractivity contribution in [3.63, 3.8) is 0 Å². The Morgan fingerprint density at radius 2 is 1.83 bits per heavy atom. The molecule has 7 heteroatoms. The molecule has 1 fully saturated rings. The average molecular weight is 337 g/mol. The van der Waals surface area contributed by atoms with Crippen molar-refractivity contribution in [2.24, 2.45) is 5.92 Å².